The quantitative estimate of drug-likeness (QED) is 0.834. The smallest absolute Gasteiger partial charge is 0.264 e. The largest absolute Gasteiger partial charge is 0.508 e. The highest BCUT2D eigenvalue weighted by Crippen LogP contribution is 2.23. The number of amides is 2. The Hall–Kier alpha value is -1.86. The lowest BCUT2D eigenvalue weighted by atomic mass is 10.2. The van der Waals surface area contributed by atoms with E-state index >= 15 is 0 Å². The van der Waals surface area contributed by atoms with Gasteiger partial charge in [-0.1, -0.05) is 18.2 Å². The normalized spacial score (nSPS) is 10.3. The minimum absolute atomic E-state index is 0.0397. The molecule has 7 heteroatoms. The molecule has 0 aliphatic rings. The van der Waals surface area contributed by atoms with Crippen molar-refractivity contribution in [3.8, 4) is 5.75 Å². The van der Waals surface area contributed by atoms with Gasteiger partial charge in [-0.15, -0.1) is 11.3 Å². The minimum atomic E-state index is -0.283. The van der Waals surface area contributed by atoms with Crippen LogP contribution in [0.15, 0.2) is 40.2 Å². The molecule has 1 heterocycles. The van der Waals surface area contributed by atoms with E-state index in [-0.39, 0.29) is 30.7 Å². The molecular formula is C15H15BrN2O3S. The van der Waals surface area contributed by atoms with E-state index in [9.17, 15) is 14.7 Å². The molecule has 0 saturated carbocycles. The van der Waals surface area contributed by atoms with Gasteiger partial charge >= 0.3 is 0 Å². The number of thiophene rings is 1. The molecule has 0 saturated heterocycles. The van der Waals surface area contributed by atoms with Gasteiger partial charge in [0.25, 0.3) is 5.91 Å². The summed E-state index contributed by atoms with van der Waals surface area (Å²) in [5.74, 6) is -0.348. The van der Waals surface area contributed by atoms with Crippen molar-refractivity contribution in [3.05, 3.63) is 50.6 Å². The molecule has 2 aromatic rings. The lowest BCUT2D eigenvalue weighted by Gasteiger charge is -2.16. The van der Waals surface area contributed by atoms with Gasteiger partial charge in [0.15, 0.2) is 0 Å². The molecule has 2 amide bonds. The van der Waals surface area contributed by atoms with Crippen molar-refractivity contribution < 1.29 is 14.7 Å². The predicted octanol–water partition coefficient (Wildman–Crippen LogP) is 2.60. The summed E-state index contributed by atoms with van der Waals surface area (Å²) in [5, 5.41) is 12.3. The molecule has 1 aromatic carbocycles. The number of rotatable bonds is 5. The molecule has 1 aromatic heterocycles. The molecule has 2 N–H and O–H groups in total. The Morgan fingerprint density at radius 2 is 2.00 bits per heavy atom. The van der Waals surface area contributed by atoms with E-state index in [1.807, 2.05) is 0 Å². The highest BCUT2D eigenvalue weighted by molar-refractivity contribution is 9.11. The van der Waals surface area contributed by atoms with Crippen molar-refractivity contribution in [1.29, 1.82) is 0 Å². The van der Waals surface area contributed by atoms with Crippen LogP contribution in [0.1, 0.15) is 15.2 Å². The van der Waals surface area contributed by atoms with Gasteiger partial charge in [-0.3, -0.25) is 9.59 Å². The topological polar surface area (TPSA) is 69.6 Å². The fourth-order valence-corrected chi connectivity index (χ4v) is 3.20. The average molecular weight is 383 g/mol. The van der Waals surface area contributed by atoms with Gasteiger partial charge in [0, 0.05) is 19.2 Å². The van der Waals surface area contributed by atoms with Crippen molar-refractivity contribution in [2.75, 3.05) is 13.6 Å². The van der Waals surface area contributed by atoms with Crippen molar-refractivity contribution in [1.82, 2.24) is 10.2 Å². The highest BCUT2D eigenvalue weighted by Gasteiger charge is 2.16. The van der Waals surface area contributed by atoms with Crippen molar-refractivity contribution in [3.63, 3.8) is 0 Å². The lowest BCUT2D eigenvalue weighted by Crippen LogP contribution is -2.37. The fraction of sp³-hybridized carbons (Fsp3) is 0.200. The van der Waals surface area contributed by atoms with Crippen LogP contribution in [0, 0.1) is 0 Å². The van der Waals surface area contributed by atoms with E-state index in [4.69, 9.17) is 0 Å². The zero-order chi connectivity index (χ0) is 16.1. The first-order chi connectivity index (χ1) is 10.5. The van der Waals surface area contributed by atoms with Gasteiger partial charge in [-0.2, -0.15) is 0 Å². The van der Waals surface area contributed by atoms with Crippen molar-refractivity contribution in [2.24, 2.45) is 0 Å². The Balaban J connectivity index is 1.86. The Morgan fingerprint density at radius 1 is 1.27 bits per heavy atom. The number of carbonyl (C=O) groups is 2. The van der Waals surface area contributed by atoms with E-state index in [0.717, 1.165) is 3.79 Å². The van der Waals surface area contributed by atoms with Gasteiger partial charge in [0.05, 0.1) is 15.2 Å². The van der Waals surface area contributed by atoms with E-state index in [2.05, 4.69) is 21.2 Å². The number of phenols is 1. The number of likely N-dealkylation sites (N-methyl/N-ethyl adjacent to an activating group) is 1. The summed E-state index contributed by atoms with van der Waals surface area (Å²) in [7, 11) is 1.58. The van der Waals surface area contributed by atoms with Gasteiger partial charge in [0.1, 0.15) is 5.75 Å². The zero-order valence-electron chi connectivity index (χ0n) is 11.9. The number of carbonyl (C=O) groups excluding carboxylic acids is 2. The molecule has 0 fully saturated rings. The summed E-state index contributed by atoms with van der Waals surface area (Å²) in [6.07, 6.45) is 0. The number of hydrogen-bond donors (Lipinski definition) is 2. The first kappa shape index (κ1) is 16.5. The van der Waals surface area contributed by atoms with Crippen LogP contribution in [-0.4, -0.2) is 35.4 Å². The maximum Gasteiger partial charge on any atom is 0.264 e. The molecule has 0 radical (unpaired) electrons. The second kappa shape index (κ2) is 7.42. The summed E-state index contributed by atoms with van der Waals surface area (Å²) in [6, 6.07) is 10.3. The van der Waals surface area contributed by atoms with E-state index < -0.39 is 0 Å². The first-order valence-corrected chi connectivity index (χ1v) is 8.12. The zero-order valence-corrected chi connectivity index (χ0v) is 14.3. The molecule has 0 aliphatic heterocycles. The number of aromatic hydroxyl groups is 1. The fourth-order valence-electron chi connectivity index (χ4n) is 1.81. The average Bonchev–Trinajstić information content (AvgIpc) is 2.92. The van der Waals surface area contributed by atoms with E-state index in [0.29, 0.717) is 10.4 Å². The second-order valence-corrected chi connectivity index (χ2v) is 7.13. The third kappa shape index (κ3) is 4.32. The van der Waals surface area contributed by atoms with Crippen molar-refractivity contribution in [2.45, 2.75) is 6.54 Å². The van der Waals surface area contributed by atoms with Gasteiger partial charge in [-0.25, -0.2) is 0 Å². The summed E-state index contributed by atoms with van der Waals surface area (Å²) in [6.45, 7) is 0.181. The number of nitrogens with one attached hydrogen (secondary N) is 1. The minimum Gasteiger partial charge on any atom is -0.508 e. The number of hydrogen-bond acceptors (Lipinski definition) is 4. The number of benzene rings is 1. The molecule has 116 valence electrons. The molecular weight excluding hydrogens is 368 g/mol. The van der Waals surface area contributed by atoms with Crippen LogP contribution in [0.25, 0.3) is 0 Å². The maximum absolute atomic E-state index is 12.1. The maximum atomic E-state index is 12.1. The lowest BCUT2D eigenvalue weighted by molar-refractivity contribution is -0.121. The van der Waals surface area contributed by atoms with Crippen LogP contribution in [-0.2, 0) is 11.3 Å². The summed E-state index contributed by atoms with van der Waals surface area (Å²) >= 11 is 4.63. The van der Waals surface area contributed by atoms with Crippen LogP contribution in [0.5, 0.6) is 5.75 Å². The number of halogens is 1. The standard InChI is InChI=1S/C15H15BrN2O3S/c1-18(15(21)12-6-7-13(16)22-12)9-14(20)17-8-10-4-2-3-5-11(10)19/h2-7,19H,8-9H2,1H3,(H,17,20). The van der Waals surface area contributed by atoms with E-state index in [1.54, 1.807) is 43.4 Å². The summed E-state index contributed by atoms with van der Waals surface area (Å²) in [4.78, 5) is 25.9. The van der Waals surface area contributed by atoms with Gasteiger partial charge in [-0.05, 0) is 34.1 Å². The van der Waals surface area contributed by atoms with Crippen LogP contribution < -0.4 is 5.32 Å². The molecule has 0 spiro atoms. The second-order valence-electron chi connectivity index (χ2n) is 4.67. The Kier molecular flexibility index (Phi) is 5.57. The number of phenolic OH excluding ortho intramolecular Hbond substituents is 1. The van der Waals surface area contributed by atoms with Crippen LogP contribution in [0.3, 0.4) is 0 Å². The molecule has 0 bridgehead atoms. The van der Waals surface area contributed by atoms with Crippen LogP contribution in [0.2, 0.25) is 0 Å². The molecule has 2 rings (SSSR count). The Labute approximate surface area is 140 Å². The SMILES string of the molecule is CN(CC(=O)NCc1ccccc1O)C(=O)c1ccc(Br)s1. The monoisotopic (exact) mass is 382 g/mol. The van der Waals surface area contributed by atoms with Crippen LogP contribution in [0.4, 0.5) is 0 Å². The first-order valence-electron chi connectivity index (χ1n) is 6.51. The molecule has 22 heavy (non-hydrogen) atoms. The molecule has 0 aliphatic carbocycles. The number of nitrogens with zero attached hydrogens (tertiary/aromatic N) is 1. The summed E-state index contributed by atoms with van der Waals surface area (Å²) in [5.41, 5.74) is 0.631. The van der Waals surface area contributed by atoms with Gasteiger partial charge in [0.2, 0.25) is 5.91 Å². The van der Waals surface area contributed by atoms with Crippen LogP contribution >= 0.6 is 27.3 Å². The highest BCUT2D eigenvalue weighted by atomic mass is 79.9. The Bertz CT molecular complexity index is 687. The molecule has 5 nitrogen and oxygen atoms in total. The van der Waals surface area contributed by atoms with E-state index in [1.165, 1.54) is 16.2 Å². The number of para-hydroxylation sites is 1. The summed E-state index contributed by atoms with van der Waals surface area (Å²) < 4.78 is 0.869. The third-order valence-electron chi connectivity index (χ3n) is 2.98. The third-order valence-corrected chi connectivity index (χ3v) is 4.59. The Morgan fingerprint density at radius 3 is 2.64 bits per heavy atom. The molecule has 0 atom stereocenters. The van der Waals surface area contributed by atoms with Crippen molar-refractivity contribution >= 4 is 39.1 Å². The predicted molar refractivity (Wildman–Crippen MR) is 88.9 cm³/mol. The van der Waals surface area contributed by atoms with Gasteiger partial charge < -0.3 is 15.3 Å². The molecule has 0 unspecified atom stereocenters.